The molecule has 3 nitrogen and oxygen atoms in total. The number of carbonyl (C=O) groups is 2. The molecule has 1 heterocycles. The van der Waals surface area contributed by atoms with Gasteiger partial charge in [0.1, 0.15) is 0 Å². The van der Waals surface area contributed by atoms with Crippen LogP contribution in [0.1, 0.15) is 20.7 Å². The van der Waals surface area contributed by atoms with Gasteiger partial charge in [-0.15, -0.1) is 0 Å². The van der Waals surface area contributed by atoms with E-state index >= 15 is 0 Å². The number of amides is 2. The molecule has 1 aliphatic heterocycles. The van der Waals surface area contributed by atoms with Gasteiger partial charge in [0.15, 0.2) is 0 Å². The Hall–Kier alpha value is 0.280. The fourth-order valence-corrected chi connectivity index (χ4v) is 3.76. The highest BCUT2D eigenvalue weighted by atomic mass is 79.9. The zero-order chi connectivity index (χ0) is 11.3. The summed E-state index contributed by atoms with van der Waals surface area (Å²) >= 11 is 13.2. The van der Waals surface area contributed by atoms with Crippen LogP contribution in [0.3, 0.4) is 0 Å². The van der Waals surface area contributed by atoms with E-state index in [1.165, 1.54) is 0 Å². The van der Waals surface area contributed by atoms with Crippen LogP contribution in [-0.2, 0) is 0 Å². The van der Waals surface area contributed by atoms with Crippen molar-refractivity contribution in [1.82, 2.24) is 5.32 Å². The molecule has 2 amide bonds. The van der Waals surface area contributed by atoms with E-state index in [1.54, 1.807) is 0 Å². The minimum atomic E-state index is -0.393. The number of hydrogen-bond acceptors (Lipinski definition) is 2. The Balaban J connectivity index is 2.92. The van der Waals surface area contributed by atoms with Gasteiger partial charge in [-0.3, -0.25) is 14.9 Å². The minimum Gasteiger partial charge on any atom is -0.288 e. The van der Waals surface area contributed by atoms with Crippen LogP contribution in [0, 0.1) is 0 Å². The predicted octanol–water partition coefficient (Wildman–Crippen LogP) is 3.62. The maximum atomic E-state index is 11.5. The summed E-state index contributed by atoms with van der Waals surface area (Å²) in [4.78, 5) is 23.0. The van der Waals surface area contributed by atoms with Crippen molar-refractivity contribution in [2.75, 3.05) is 0 Å². The first kappa shape index (κ1) is 11.8. The third-order valence-electron chi connectivity index (χ3n) is 1.95. The Morgan fingerprint density at radius 1 is 0.667 bits per heavy atom. The van der Waals surface area contributed by atoms with Crippen molar-refractivity contribution in [3.63, 3.8) is 0 Å². The van der Waals surface area contributed by atoms with Crippen LogP contribution in [0.2, 0.25) is 0 Å². The number of imide groups is 1. The Kier molecular flexibility index (Phi) is 3.09. The van der Waals surface area contributed by atoms with Crippen LogP contribution in [0.4, 0.5) is 0 Å². The van der Waals surface area contributed by atoms with E-state index in [-0.39, 0.29) is 0 Å². The van der Waals surface area contributed by atoms with Gasteiger partial charge in [0.25, 0.3) is 11.8 Å². The second-order valence-electron chi connectivity index (χ2n) is 2.79. The van der Waals surface area contributed by atoms with Crippen molar-refractivity contribution in [3.8, 4) is 0 Å². The van der Waals surface area contributed by atoms with E-state index in [2.05, 4.69) is 69.0 Å². The Bertz CT molecular complexity index is 467. The van der Waals surface area contributed by atoms with Crippen molar-refractivity contribution in [2.45, 2.75) is 0 Å². The van der Waals surface area contributed by atoms with Crippen molar-refractivity contribution < 1.29 is 9.59 Å². The van der Waals surface area contributed by atoms with Crippen LogP contribution in [0.15, 0.2) is 17.9 Å². The van der Waals surface area contributed by atoms with Gasteiger partial charge in [-0.2, -0.15) is 0 Å². The number of nitrogens with one attached hydrogen (secondary N) is 1. The maximum absolute atomic E-state index is 11.5. The van der Waals surface area contributed by atoms with Gasteiger partial charge in [-0.1, -0.05) is 0 Å². The molecule has 2 rings (SSSR count). The highest BCUT2D eigenvalue weighted by molar-refractivity contribution is 9.15. The summed E-state index contributed by atoms with van der Waals surface area (Å²) in [5.74, 6) is -0.786. The first-order chi connectivity index (χ1) is 6.95. The summed E-state index contributed by atoms with van der Waals surface area (Å²) in [5, 5.41) is 2.24. The molecule has 7 heteroatoms. The second-order valence-corrected chi connectivity index (χ2v) is 5.96. The lowest BCUT2D eigenvalue weighted by Gasteiger charge is -2.07. The third-order valence-corrected chi connectivity index (χ3v) is 6.72. The average Bonchev–Trinajstić information content (AvgIpc) is 2.47. The molecule has 0 aromatic heterocycles. The van der Waals surface area contributed by atoms with Crippen molar-refractivity contribution >= 4 is 75.5 Å². The maximum Gasteiger partial charge on any atom is 0.260 e. The lowest BCUT2D eigenvalue weighted by molar-refractivity contribution is 0.0879. The summed E-state index contributed by atoms with van der Waals surface area (Å²) < 4.78 is 2.52. The lowest BCUT2D eigenvalue weighted by Crippen LogP contribution is -2.20. The van der Waals surface area contributed by atoms with Gasteiger partial charge >= 0.3 is 0 Å². The first-order valence-electron chi connectivity index (χ1n) is 3.66. The monoisotopic (exact) mass is 459 g/mol. The highest BCUT2D eigenvalue weighted by Gasteiger charge is 2.34. The van der Waals surface area contributed by atoms with Gasteiger partial charge < -0.3 is 0 Å². The first-order valence-corrected chi connectivity index (χ1v) is 6.84. The average molecular weight is 463 g/mol. The number of benzene rings is 1. The summed E-state index contributed by atoms with van der Waals surface area (Å²) in [6.07, 6.45) is 0. The standard InChI is InChI=1S/C8HBr4NO2/c9-3-1-2(8(15)13-7(1)14)4(10)6(12)5(3)11/h(H,13,14,15). The van der Waals surface area contributed by atoms with E-state index in [0.29, 0.717) is 29.0 Å². The van der Waals surface area contributed by atoms with E-state index < -0.39 is 11.8 Å². The lowest BCUT2D eigenvalue weighted by atomic mass is 10.1. The van der Waals surface area contributed by atoms with Gasteiger partial charge in [-0.05, 0) is 63.7 Å². The Labute approximate surface area is 118 Å². The molecule has 0 aliphatic carbocycles. The largest absolute Gasteiger partial charge is 0.288 e. The SMILES string of the molecule is O=C1NC(=O)c2c(Br)c(Br)c(Br)c(Br)c21. The summed E-state index contributed by atoms with van der Waals surface area (Å²) in [6, 6.07) is 0. The van der Waals surface area contributed by atoms with E-state index in [4.69, 9.17) is 0 Å². The number of halogens is 4. The van der Waals surface area contributed by atoms with Crippen LogP contribution < -0.4 is 5.32 Å². The summed E-state index contributed by atoms with van der Waals surface area (Å²) in [6.45, 7) is 0. The van der Waals surface area contributed by atoms with Crippen LogP contribution in [0.5, 0.6) is 0 Å². The molecular formula is C8HBr4NO2. The Morgan fingerprint density at radius 2 is 1.00 bits per heavy atom. The van der Waals surface area contributed by atoms with Gasteiger partial charge in [-0.25, -0.2) is 0 Å². The quantitative estimate of drug-likeness (QED) is 0.364. The van der Waals surface area contributed by atoms with Crippen LogP contribution >= 0.6 is 63.7 Å². The summed E-state index contributed by atoms with van der Waals surface area (Å²) in [7, 11) is 0. The fraction of sp³-hybridized carbons (Fsp3) is 0. The Morgan fingerprint density at radius 3 is 1.33 bits per heavy atom. The summed E-state index contributed by atoms with van der Waals surface area (Å²) in [5.41, 5.74) is 0.698. The molecule has 1 aliphatic rings. The van der Waals surface area contributed by atoms with Gasteiger partial charge in [0.05, 0.1) is 11.1 Å². The molecule has 0 atom stereocenters. The normalized spacial score (nSPS) is 14.1. The zero-order valence-corrected chi connectivity index (χ0v) is 13.2. The van der Waals surface area contributed by atoms with E-state index in [0.717, 1.165) is 0 Å². The number of rotatable bonds is 0. The van der Waals surface area contributed by atoms with E-state index in [1.807, 2.05) is 0 Å². The molecule has 0 bridgehead atoms. The molecule has 0 unspecified atom stereocenters. The molecule has 0 radical (unpaired) electrons. The molecule has 0 saturated carbocycles. The van der Waals surface area contributed by atoms with E-state index in [9.17, 15) is 9.59 Å². The molecule has 15 heavy (non-hydrogen) atoms. The van der Waals surface area contributed by atoms with Crippen molar-refractivity contribution in [1.29, 1.82) is 0 Å². The second kappa shape index (κ2) is 3.94. The highest BCUT2D eigenvalue weighted by Crippen LogP contribution is 2.43. The number of hydrogen-bond donors (Lipinski definition) is 1. The topological polar surface area (TPSA) is 46.2 Å². The smallest absolute Gasteiger partial charge is 0.260 e. The third kappa shape index (κ3) is 1.64. The molecule has 1 aromatic rings. The molecule has 1 aromatic carbocycles. The van der Waals surface area contributed by atoms with Crippen molar-refractivity contribution in [3.05, 3.63) is 29.0 Å². The van der Waals surface area contributed by atoms with Crippen molar-refractivity contribution in [2.24, 2.45) is 0 Å². The zero-order valence-electron chi connectivity index (χ0n) is 6.83. The molecule has 0 saturated heterocycles. The molecule has 0 fully saturated rings. The molecule has 1 N–H and O–H groups in total. The minimum absolute atomic E-state index is 0.349. The molecular weight excluding hydrogens is 462 g/mol. The predicted molar refractivity (Wildman–Crippen MR) is 69.0 cm³/mol. The number of fused-ring (bicyclic) bond motifs is 1. The van der Waals surface area contributed by atoms with Crippen LogP contribution in [-0.4, -0.2) is 11.8 Å². The fourth-order valence-electron chi connectivity index (χ4n) is 1.29. The van der Waals surface area contributed by atoms with Crippen LogP contribution in [0.25, 0.3) is 0 Å². The van der Waals surface area contributed by atoms with Gasteiger partial charge in [0.2, 0.25) is 0 Å². The van der Waals surface area contributed by atoms with Gasteiger partial charge in [0, 0.05) is 17.9 Å². The molecule has 78 valence electrons. The number of carbonyl (C=O) groups excluding carboxylic acids is 2. The molecule has 0 spiro atoms.